The van der Waals surface area contributed by atoms with Gasteiger partial charge in [-0.25, -0.2) is 4.79 Å². The third-order valence-electron chi connectivity index (χ3n) is 4.45. The van der Waals surface area contributed by atoms with Gasteiger partial charge in [-0.1, -0.05) is 12.1 Å². The van der Waals surface area contributed by atoms with Crippen molar-refractivity contribution in [3.05, 3.63) is 34.8 Å². The van der Waals surface area contributed by atoms with Crippen molar-refractivity contribution in [2.45, 2.75) is 25.1 Å². The first-order chi connectivity index (χ1) is 13.0. The second kappa shape index (κ2) is 8.36. The van der Waals surface area contributed by atoms with E-state index in [1.807, 2.05) is 0 Å². The predicted molar refractivity (Wildman–Crippen MR) is 96.3 cm³/mol. The highest BCUT2D eigenvalue weighted by Crippen LogP contribution is 2.14. The van der Waals surface area contributed by atoms with E-state index in [-0.39, 0.29) is 31.0 Å². The third kappa shape index (κ3) is 4.55. The summed E-state index contributed by atoms with van der Waals surface area (Å²) in [6.45, 7) is 0.539. The SMILES string of the molecule is CN(C)C(=O)CO[C@@H]1COCC[C@H]1NC(=O)Cn1c(=O)oc2ccccc21. The van der Waals surface area contributed by atoms with Crippen molar-refractivity contribution in [1.82, 2.24) is 14.8 Å². The van der Waals surface area contributed by atoms with E-state index >= 15 is 0 Å². The quantitative estimate of drug-likeness (QED) is 0.759. The van der Waals surface area contributed by atoms with Gasteiger partial charge in [0, 0.05) is 20.7 Å². The van der Waals surface area contributed by atoms with Crippen molar-refractivity contribution in [2.24, 2.45) is 0 Å². The summed E-state index contributed by atoms with van der Waals surface area (Å²) >= 11 is 0. The lowest BCUT2D eigenvalue weighted by molar-refractivity contribution is -0.141. The number of amides is 2. The number of fused-ring (bicyclic) bond motifs is 1. The fourth-order valence-electron chi connectivity index (χ4n) is 2.91. The topological polar surface area (TPSA) is 103 Å². The molecular formula is C18H23N3O6. The fraction of sp³-hybridized carbons (Fsp3) is 0.500. The Balaban J connectivity index is 1.63. The molecule has 2 aromatic rings. The van der Waals surface area contributed by atoms with Gasteiger partial charge >= 0.3 is 5.76 Å². The summed E-state index contributed by atoms with van der Waals surface area (Å²) in [6.07, 6.45) is 0.137. The number of carbonyl (C=O) groups is 2. The van der Waals surface area contributed by atoms with Crippen molar-refractivity contribution >= 4 is 22.9 Å². The van der Waals surface area contributed by atoms with Crippen LogP contribution in [0.4, 0.5) is 0 Å². The van der Waals surface area contributed by atoms with E-state index in [9.17, 15) is 14.4 Å². The molecule has 0 unspecified atom stereocenters. The zero-order valence-electron chi connectivity index (χ0n) is 15.3. The molecule has 3 rings (SSSR count). The molecule has 2 heterocycles. The second-order valence-corrected chi connectivity index (χ2v) is 6.60. The molecule has 1 N–H and O–H groups in total. The number of aromatic nitrogens is 1. The number of nitrogens with zero attached hydrogens (tertiary/aromatic N) is 2. The first-order valence-electron chi connectivity index (χ1n) is 8.73. The largest absolute Gasteiger partial charge is 0.420 e. The van der Waals surface area contributed by atoms with Gasteiger partial charge in [0.2, 0.25) is 11.8 Å². The molecule has 2 amide bonds. The average molecular weight is 377 g/mol. The van der Waals surface area contributed by atoms with Gasteiger partial charge in [0.25, 0.3) is 0 Å². The minimum Gasteiger partial charge on any atom is -0.408 e. The molecule has 9 heteroatoms. The van der Waals surface area contributed by atoms with Crippen molar-refractivity contribution in [2.75, 3.05) is 33.9 Å². The van der Waals surface area contributed by atoms with Crippen LogP contribution < -0.4 is 11.1 Å². The van der Waals surface area contributed by atoms with Gasteiger partial charge in [-0.2, -0.15) is 0 Å². The zero-order chi connectivity index (χ0) is 19.4. The normalized spacial score (nSPS) is 19.8. The van der Waals surface area contributed by atoms with E-state index in [1.165, 1.54) is 9.47 Å². The van der Waals surface area contributed by atoms with Crippen molar-refractivity contribution in [1.29, 1.82) is 0 Å². The highest BCUT2D eigenvalue weighted by atomic mass is 16.5. The van der Waals surface area contributed by atoms with Crippen LogP contribution in [0.5, 0.6) is 0 Å². The molecule has 1 saturated heterocycles. The number of oxazole rings is 1. The molecule has 0 spiro atoms. The van der Waals surface area contributed by atoms with Crippen LogP contribution in [0.3, 0.4) is 0 Å². The molecule has 1 aromatic heterocycles. The summed E-state index contributed by atoms with van der Waals surface area (Å²) in [5, 5.41) is 2.88. The lowest BCUT2D eigenvalue weighted by Crippen LogP contribution is -2.51. The Kier molecular flexibility index (Phi) is 5.92. The molecule has 1 aromatic carbocycles. The van der Waals surface area contributed by atoms with Gasteiger partial charge in [0.1, 0.15) is 19.3 Å². The van der Waals surface area contributed by atoms with Crippen LogP contribution in [0.15, 0.2) is 33.5 Å². The summed E-state index contributed by atoms with van der Waals surface area (Å²) in [6, 6.07) is 6.63. The molecule has 2 atom stereocenters. The van der Waals surface area contributed by atoms with Crippen molar-refractivity contribution in [3.63, 3.8) is 0 Å². The van der Waals surface area contributed by atoms with E-state index < -0.39 is 11.9 Å². The number of ether oxygens (including phenoxy) is 2. The van der Waals surface area contributed by atoms with Crippen LogP contribution in [-0.4, -0.2) is 67.3 Å². The number of rotatable bonds is 6. The van der Waals surface area contributed by atoms with Gasteiger partial charge in [-0.05, 0) is 18.6 Å². The Hall–Kier alpha value is -2.65. The van der Waals surface area contributed by atoms with E-state index in [0.717, 1.165) is 0 Å². The standard InChI is InChI=1S/C18H23N3O6/c1-20(2)17(23)11-26-15-10-25-8-7-12(15)19-16(22)9-21-13-5-3-4-6-14(13)27-18(21)24/h3-6,12,15H,7-11H2,1-2H3,(H,19,22)/t12-,15-/m1/s1. The summed E-state index contributed by atoms with van der Waals surface area (Å²) in [4.78, 5) is 37.6. The number of hydrogen-bond acceptors (Lipinski definition) is 6. The molecule has 0 radical (unpaired) electrons. The maximum absolute atomic E-state index is 12.5. The van der Waals surface area contributed by atoms with Crippen LogP contribution in [0, 0.1) is 0 Å². The first-order valence-corrected chi connectivity index (χ1v) is 8.73. The lowest BCUT2D eigenvalue weighted by Gasteiger charge is -2.32. The number of likely N-dealkylation sites (N-methyl/N-ethyl adjacent to an activating group) is 1. The summed E-state index contributed by atoms with van der Waals surface area (Å²) in [5.41, 5.74) is 0.999. The number of carbonyl (C=O) groups excluding carboxylic acids is 2. The van der Waals surface area contributed by atoms with Crippen molar-refractivity contribution in [3.8, 4) is 0 Å². The smallest absolute Gasteiger partial charge is 0.408 e. The maximum Gasteiger partial charge on any atom is 0.420 e. The fourth-order valence-corrected chi connectivity index (χ4v) is 2.91. The lowest BCUT2D eigenvalue weighted by atomic mass is 10.1. The van der Waals surface area contributed by atoms with E-state index in [4.69, 9.17) is 13.9 Å². The molecule has 0 bridgehead atoms. The maximum atomic E-state index is 12.5. The number of nitrogens with one attached hydrogen (secondary N) is 1. The summed E-state index contributed by atoms with van der Waals surface area (Å²) in [5.74, 6) is -1.08. The predicted octanol–water partition coefficient (Wildman–Crippen LogP) is -0.0270. The van der Waals surface area contributed by atoms with Crippen LogP contribution in [-0.2, 0) is 25.6 Å². The van der Waals surface area contributed by atoms with Crippen molar-refractivity contribution < 1.29 is 23.5 Å². The molecule has 27 heavy (non-hydrogen) atoms. The average Bonchev–Trinajstić information content (AvgIpc) is 2.96. The zero-order valence-corrected chi connectivity index (χ0v) is 15.3. The van der Waals surface area contributed by atoms with Crippen LogP contribution in [0.25, 0.3) is 11.1 Å². The van der Waals surface area contributed by atoms with Gasteiger partial charge in [-0.3, -0.25) is 14.2 Å². The van der Waals surface area contributed by atoms with Crippen LogP contribution >= 0.6 is 0 Å². The van der Waals surface area contributed by atoms with E-state index in [1.54, 1.807) is 38.4 Å². The molecular weight excluding hydrogens is 354 g/mol. The monoisotopic (exact) mass is 377 g/mol. The number of para-hydroxylation sites is 2. The highest BCUT2D eigenvalue weighted by molar-refractivity contribution is 5.79. The molecule has 146 valence electrons. The minimum atomic E-state index is -0.581. The Labute approximate surface area is 155 Å². The van der Waals surface area contributed by atoms with Crippen LogP contribution in [0.2, 0.25) is 0 Å². The van der Waals surface area contributed by atoms with E-state index in [2.05, 4.69) is 5.32 Å². The minimum absolute atomic E-state index is 0.0841. The Bertz CT molecular complexity index is 871. The van der Waals surface area contributed by atoms with Gasteiger partial charge in [0.15, 0.2) is 5.58 Å². The second-order valence-electron chi connectivity index (χ2n) is 6.60. The Morgan fingerprint density at radius 1 is 1.33 bits per heavy atom. The first kappa shape index (κ1) is 19.1. The Morgan fingerprint density at radius 2 is 2.11 bits per heavy atom. The molecule has 1 aliphatic rings. The number of hydrogen-bond donors (Lipinski definition) is 1. The van der Waals surface area contributed by atoms with Gasteiger partial charge in [0.05, 0.1) is 18.2 Å². The van der Waals surface area contributed by atoms with Crippen LogP contribution in [0.1, 0.15) is 6.42 Å². The summed E-state index contributed by atoms with van der Waals surface area (Å²) < 4.78 is 17.5. The molecule has 1 aliphatic heterocycles. The number of benzene rings is 1. The third-order valence-corrected chi connectivity index (χ3v) is 4.45. The van der Waals surface area contributed by atoms with E-state index in [0.29, 0.717) is 30.7 Å². The van der Waals surface area contributed by atoms with Gasteiger partial charge in [-0.15, -0.1) is 0 Å². The highest BCUT2D eigenvalue weighted by Gasteiger charge is 2.29. The van der Waals surface area contributed by atoms with Gasteiger partial charge < -0.3 is 24.1 Å². The molecule has 9 nitrogen and oxygen atoms in total. The Morgan fingerprint density at radius 3 is 2.89 bits per heavy atom. The molecule has 0 saturated carbocycles. The molecule has 0 aliphatic carbocycles. The summed E-state index contributed by atoms with van der Waals surface area (Å²) in [7, 11) is 3.30. The molecule has 1 fully saturated rings.